The largest absolute Gasteiger partial charge is 0.373 e. The third-order valence-corrected chi connectivity index (χ3v) is 4.73. The van der Waals surface area contributed by atoms with Gasteiger partial charge in [-0.3, -0.25) is 4.90 Å². The predicted octanol–water partition coefficient (Wildman–Crippen LogP) is 2.22. The van der Waals surface area contributed by atoms with Crippen molar-refractivity contribution >= 4 is 17.5 Å². The molecule has 0 unspecified atom stereocenters. The second-order valence-electron chi connectivity index (χ2n) is 6.04. The molecule has 1 aromatic carbocycles. The number of halogens is 1. The number of morpholine rings is 1. The molecular weight excluding hydrogens is 312 g/mol. The summed E-state index contributed by atoms with van der Waals surface area (Å²) in [5.41, 5.74) is 1.34. The summed E-state index contributed by atoms with van der Waals surface area (Å²) < 4.78 is 5.98. The highest BCUT2D eigenvalue weighted by molar-refractivity contribution is 6.30. The lowest BCUT2D eigenvalue weighted by molar-refractivity contribution is -0.0499. The smallest absolute Gasteiger partial charge is 0.225 e. The van der Waals surface area contributed by atoms with Gasteiger partial charge in [0.05, 0.1) is 36.2 Å². The fourth-order valence-corrected chi connectivity index (χ4v) is 3.50. The Kier molecular flexibility index (Phi) is 4.16. The molecule has 2 saturated heterocycles. The van der Waals surface area contributed by atoms with Crippen LogP contribution in [0.1, 0.15) is 5.56 Å². The Morgan fingerprint density at radius 3 is 2.70 bits per heavy atom. The first-order valence-electron chi connectivity index (χ1n) is 7.92. The van der Waals surface area contributed by atoms with Crippen LogP contribution in [0.25, 0.3) is 0 Å². The van der Waals surface area contributed by atoms with Gasteiger partial charge >= 0.3 is 0 Å². The van der Waals surface area contributed by atoms with Crippen LogP contribution in [0.5, 0.6) is 0 Å². The van der Waals surface area contributed by atoms with Crippen molar-refractivity contribution in [1.82, 2.24) is 14.9 Å². The molecule has 23 heavy (non-hydrogen) atoms. The van der Waals surface area contributed by atoms with Gasteiger partial charge in [-0.05, 0) is 5.56 Å². The molecule has 0 bridgehead atoms. The first kappa shape index (κ1) is 14.9. The SMILES string of the molecule is Clc1cnc(N2C[C@@H]3OCCN(Cc4ccccc4)[C@H]3C2)nc1. The average Bonchev–Trinajstić information content (AvgIpc) is 3.02. The molecule has 0 aliphatic carbocycles. The van der Waals surface area contributed by atoms with Gasteiger partial charge < -0.3 is 9.64 Å². The van der Waals surface area contributed by atoms with Gasteiger partial charge in [-0.15, -0.1) is 0 Å². The Hall–Kier alpha value is -1.69. The van der Waals surface area contributed by atoms with Crippen LogP contribution in [-0.2, 0) is 11.3 Å². The van der Waals surface area contributed by atoms with Crippen molar-refractivity contribution in [3.8, 4) is 0 Å². The van der Waals surface area contributed by atoms with Gasteiger partial charge in [-0.25, -0.2) is 9.97 Å². The fraction of sp³-hybridized carbons (Fsp3) is 0.412. The zero-order valence-electron chi connectivity index (χ0n) is 12.8. The summed E-state index contributed by atoms with van der Waals surface area (Å²) in [6.45, 7) is 4.42. The van der Waals surface area contributed by atoms with Gasteiger partial charge in [-0.1, -0.05) is 41.9 Å². The lowest BCUT2D eigenvalue weighted by Crippen LogP contribution is -2.50. The zero-order valence-corrected chi connectivity index (χ0v) is 13.6. The van der Waals surface area contributed by atoms with Gasteiger partial charge in [0.25, 0.3) is 0 Å². The standard InChI is InChI=1S/C17H19ClN4O/c18-14-8-19-17(20-9-14)22-11-15-16(12-22)23-7-6-21(15)10-13-4-2-1-3-5-13/h1-5,8-9,15-16H,6-7,10-12H2/t15-,16-/m0/s1. The van der Waals surface area contributed by atoms with Crippen molar-refractivity contribution in [2.75, 3.05) is 31.1 Å². The second-order valence-corrected chi connectivity index (χ2v) is 6.48. The molecule has 2 fully saturated rings. The highest BCUT2D eigenvalue weighted by Crippen LogP contribution is 2.26. The first-order chi connectivity index (χ1) is 11.3. The maximum absolute atomic E-state index is 5.98. The third-order valence-electron chi connectivity index (χ3n) is 4.53. The monoisotopic (exact) mass is 330 g/mol. The highest BCUT2D eigenvalue weighted by atomic mass is 35.5. The summed E-state index contributed by atoms with van der Waals surface area (Å²) in [5.74, 6) is 0.729. The fourth-order valence-electron chi connectivity index (χ4n) is 3.40. The van der Waals surface area contributed by atoms with Crippen LogP contribution in [-0.4, -0.2) is 53.3 Å². The summed E-state index contributed by atoms with van der Waals surface area (Å²) >= 11 is 5.88. The van der Waals surface area contributed by atoms with Crippen molar-refractivity contribution < 1.29 is 4.74 Å². The van der Waals surface area contributed by atoms with E-state index in [2.05, 4.69) is 50.1 Å². The lowest BCUT2D eigenvalue weighted by atomic mass is 10.1. The van der Waals surface area contributed by atoms with Crippen LogP contribution < -0.4 is 4.90 Å². The summed E-state index contributed by atoms with van der Waals surface area (Å²) in [6, 6.07) is 11.0. The molecule has 2 aromatic rings. The Morgan fingerprint density at radius 1 is 1.13 bits per heavy atom. The molecule has 3 heterocycles. The molecule has 0 N–H and O–H groups in total. The van der Waals surface area contributed by atoms with Crippen LogP contribution >= 0.6 is 11.6 Å². The molecule has 0 saturated carbocycles. The average molecular weight is 331 g/mol. The maximum atomic E-state index is 5.98. The molecule has 120 valence electrons. The first-order valence-corrected chi connectivity index (χ1v) is 8.29. The topological polar surface area (TPSA) is 41.5 Å². The number of hydrogen-bond donors (Lipinski definition) is 0. The number of rotatable bonds is 3. The summed E-state index contributed by atoms with van der Waals surface area (Å²) in [4.78, 5) is 13.4. The van der Waals surface area contributed by atoms with Crippen LogP contribution in [0, 0.1) is 0 Å². The van der Waals surface area contributed by atoms with Gasteiger partial charge in [0.1, 0.15) is 0 Å². The quantitative estimate of drug-likeness (QED) is 0.863. The van der Waals surface area contributed by atoms with E-state index in [1.54, 1.807) is 12.4 Å². The molecule has 2 aliphatic rings. The summed E-state index contributed by atoms with van der Waals surface area (Å²) in [7, 11) is 0. The van der Waals surface area contributed by atoms with Gasteiger partial charge in [0.2, 0.25) is 5.95 Å². The number of fused-ring (bicyclic) bond motifs is 1. The van der Waals surface area contributed by atoms with E-state index in [1.165, 1.54) is 5.56 Å². The van der Waals surface area contributed by atoms with Gasteiger partial charge in [-0.2, -0.15) is 0 Å². The molecule has 4 rings (SSSR count). The highest BCUT2D eigenvalue weighted by Gasteiger charge is 2.40. The minimum absolute atomic E-state index is 0.215. The van der Waals surface area contributed by atoms with Crippen molar-refractivity contribution in [1.29, 1.82) is 0 Å². The molecule has 1 aromatic heterocycles. The minimum Gasteiger partial charge on any atom is -0.373 e. The van der Waals surface area contributed by atoms with Crippen LogP contribution in [0.15, 0.2) is 42.7 Å². The molecule has 5 nitrogen and oxygen atoms in total. The summed E-state index contributed by atoms with van der Waals surface area (Å²) in [6.07, 6.45) is 3.51. The van der Waals surface area contributed by atoms with Crippen LogP contribution in [0.2, 0.25) is 5.02 Å². The number of hydrogen-bond acceptors (Lipinski definition) is 5. The van der Waals surface area contributed by atoms with E-state index in [9.17, 15) is 0 Å². The molecule has 2 atom stereocenters. The van der Waals surface area contributed by atoms with Gasteiger partial charge in [0.15, 0.2) is 0 Å². The zero-order chi connectivity index (χ0) is 15.6. The van der Waals surface area contributed by atoms with E-state index in [4.69, 9.17) is 16.3 Å². The van der Waals surface area contributed by atoms with Crippen molar-refractivity contribution in [2.24, 2.45) is 0 Å². The maximum Gasteiger partial charge on any atom is 0.225 e. The molecule has 0 amide bonds. The number of ether oxygens (including phenoxy) is 1. The molecule has 0 spiro atoms. The number of aromatic nitrogens is 2. The van der Waals surface area contributed by atoms with E-state index in [1.807, 2.05) is 0 Å². The van der Waals surface area contributed by atoms with Crippen LogP contribution in [0.4, 0.5) is 5.95 Å². The molecular formula is C17H19ClN4O. The van der Waals surface area contributed by atoms with Crippen molar-refractivity contribution in [3.05, 3.63) is 53.3 Å². The predicted molar refractivity (Wildman–Crippen MR) is 89.6 cm³/mol. The lowest BCUT2D eigenvalue weighted by Gasteiger charge is -2.36. The van der Waals surface area contributed by atoms with E-state index >= 15 is 0 Å². The second kappa shape index (κ2) is 6.43. The minimum atomic E-state index is 0.215. The van der Waals surface area contributed by atoms with E-state index in [-0.39, 0.29) is 6.10 Å². The number of nitrogens with zero attached hydrogens (tertiary/aromatic N) is 4. The summed E-state index contributed by atoms with van der Waals surface area (Å²) in [5, 5.41) is 0.562. The number of anilines is 1. The van der Waals surface area contributed by atoms with E-state index < -0.39 is 0 Å². The normalized spacial score (nSPS) is 24.7. The Morgan fingerprint density at radius 2 is 1.91 bits per heavy atom. The molecule has 6 heteroatoms. The van der Waals surface area contributed by atoms with Gasteiger partial charge in [0, 0.05) is 26.2 Å². The Labute approximate surface area is 140 Å². The van der Waals surface area contributed by atoms with E-state index in [0.29, 0.717) is 11.1 Å². The third kappa shape index (κ3) is 3.17. The Bertz CT molecular complexity index is 651. The number of benzene rings is 1. The van der Waals surface area contributed by atoms with Crippen molar-refractivity contribution in [2.45, 2.75) is 18.7 Å². The van der Waals surface area contributed by atoms with Crippen LogP contribution in [0.3, 0.4) is 0 Å². The molecule has 0 radical (unpaired) electrons. The van der Waals surface area contributed by atoms with E-state index in [0.717, 1.165) is 38.7 Å². The Balaban J connectivity index is 1.49. The molecule has 2 aliphatic heterocycles. The van der Waals surface area contributed by atoms with Crippen molar-refractivity contribution in [3.63, 3.8) is 0 Å².